The van der Waals surface area contributed by atoms with Crippen LogP contribution in [0, 0.1) is 11.3 Å². The fourth-order valence-corrected chi connectivity index (χ4v) is 4.15. The van der Waals surface area contributed by atoms with Crippen LogP contribution in [0.2, 0.25) is 0 Å². The molecule has 0 radical (unpaired) electrons. The minimum Gasteiger partial charge on any atom is -0.497 e. The fourth-order valence-electron chi connectivity index (χ4n) is 4.15. The number of hydrogen-bond donors (Lipinski definition) is 2. The van der Waals surface area contributed by atoms with Gasteiger partial charge in [0.15, 0.2) is 5.96 Å². The molecule has 6 nitrogen and oxygen atoms in total. The molecule has 1 saturated heterocycles. The standard InChI is InChI=1S/C19H27F2N3O3/c1-19(2)15(13-7-8-26-16(13)19)24-18(22-3)23-10-11-5-6-12(25-4)9-14(11)27-17(20)21/h5-6,9,13,15-17H,7-8,10H2,1-4H3,(H2,22,23,24). The van der Waals surface area contributed by atoms with Crippen molar-refractivity contribution in [3.05, 3.63) is 23.8 Å². The first kappa shape index (κ1) is 19.7. The van der Waals surface area contributed by atoms with Gasteiger partial charge in [0.25, 0.3) is 0 Å². The molecule has 1 aliphatic heterocycles. The van der Waals surface area contributed by atoms with Crippen molar-refractivity contribution in [2.75, 3.05) is 20.8 Å². The lowest BCUT2D eigenvalue weighted by molar-refractivity contribution is -0.106. The number of ether oxygens (including phenoxy) is 3. The van der Waals surface area contributed by atoms with Gasteiger partial charge in [0, 0.05) is 49.2 Å². The van der Waals surface area contributed by atoms with Gasteiger partial charge < -0.3 is 24.8 Å². The quantitative estimate of drug-likeness (QED) is 0.584. The van der Waals surface area contributed by atoms with Crippen molar-refractivity contribution in [1.82, 2.24) is 10.6 Å². The van der Waals surface area contributed by atoms with Gasteiger partial charge in [-0.15, -0.1) is 0 Å². The average molecular weight is 383 g/mol. The molecule has 0 bridgehead atoms. The second-order valence-electron chi connectivity index (χ2n) is 7.47. The molecule has 2 fully saturated rings. The Bertz CT molecular complexity index is 697. The van der Waals surface area contributed by atoms with E-state index in [2.05, 4.69) is 34.2 Å². The number of guanidine groups is 1. The Hall–Kier alpha value is -2.09. The molecule has 1 aromatic carbocycles. The van der Waals surface area contributed by atoms with E-state index in [4.69, 9.17) is 9.47 Å². The smallest absolute Gasteiger partial charge is 0.387 e. The van der Waals surface area contributed by atoms with E-state index in [1.165, 1.54) is 13.2 Å². The minimum atomic E-state index is -2.90. The van der Waals surface area contributed by atoms with Gasteiger partial charge in [-0.3, -0.25) is 4.99 Å². The number of methoxy groups -OCH3 is 1. The van der Waals surface area contributed by atoms with Gasteiger partial charge in [-0.2, -0.15) is 8.78 Å². The zero-order valence-corrected chi connectivity index (χ0v) is 16.1. The Morgan fingerprint density at radius 1 is 1.41 bits per heavy atom. The van der Waals surface area contributed by atoms with Crippen molar-refractivity contribution in [3.8, 4) is 11.5 Å². The number of benzene rings is 1. The second-order valence-corrected chi connectivity index (χ2v) is 7.47. The number of fused-ring (bicyclic) bond motifs is 1. The summed E-state index contributed by atoms with van der Waals surface area (Å²) in [4.78, 5) is 4.27. The lowest BCUT2D eigenvalue weighted by Gasteiger charge is -2.54. The molecule has 0 spiro atoms. The first-order valence-corrected chi connectivity index (χ1v) is 9.07. The van der Waals surface area contributed by atoms with Crippen LogP contribution in [-0.2, 0) is 11.3 Å². The summed E-state index contributed by atoms with van der Waals surface area (Å²) in [5.74, 6) is 1.63. The van der Waals surface area contributed by atoms with Crippen LogP contribution in [0.1, 0.15) is 25.8 Å². The molecule has 0 aromatic heterocycles. The number of aliphatic imine (C=N–C) groups is 1. The molecule has 1 saturated carbocycles. The summed E-state index contributed by atoms with van der Waals surface area (Å²) in [6, 6.07) is 5.12. The van der Waals surface area contributed by atoms with Gasteiger partial charge >= 0.3 is 6.61 Å². The molecule has 3 rings (SSSR count). The summed E-state index contributed by atoms with van der Waals surface area (Å²) in [5, 5.41) is 6.65. The minimum absolute atomic E-state index is 0.0167. The third-order valence-electron chi connectivity index (χ3n) is 5.55. The summed E-state index contributed by atoms with van der Waals surface area (Å²) < 4.78 is 40.9. The largest absolute Gasteiger partial charge is 0.497 e. The zero-order valence-electron chi connectivity index (χ0n) is 16.1. The normalized spacial score (nSPS) is 26.3. The summed E-state index contributed by atoms with van der Waals surface area (Å²) in [7, 11) is 3.17. The molecule has 2 N–H and O–H groups in total. The first-order valence-electron chi connectivity index (χ1n) is 9.07. The number of nitrogens with zero attached hydrogens (tertiary/aromatic N) is 1. The van der Waals surface area contributed by atoms with Gasteiger partial charge in [0.05, 0.1) is 13.2 Å². The third kappa shape index (κ3) is 3.95. The van der Waals surface area contributed by atoms with Crippen molar-refractivity contribution in [2.45, 2.75) is 45.6 Å². The SMILES string of the molecule is CN=C(NCc1ccc(OC)cc1OC(F)F)NC1C2CCOC2C1(C)C. The van der Waals surface area contributed by atoms with Gasteiger partial charge in [0.1, 0.15) is 11.5 Å². The number of hydrogen-bond acceptors (Lipinski definition) is 4. The number of alkyl halides is 2. The molecule has 8 heteroatoms. The first-order chi connectivity index (χ1) is 12.9. The van der Waals surface area contributed by atoms with Crippen molar-refractivity contribution < 1.29 is 23.0 Å². The van der Waals surface area contributed by atoms with E-state index in [0.717, 1.165) is 13.0 Å². The summed E-state index contributed by atoms with van der Waals surface area (Å²) in [5.41, 5.74) is 0.608. The van der Waals surface area contributed by atoms with Crippen molar-refractivity contribution >= 4 is 5.96 Å². The Morgan fingerprint density at radius 3 is 2.85 bits per heavy atom. The highest BCUT2D eigenvalue weighted by Crippen LogP contribution is 2.52. The summed E-state index contributed by atoms with van der Waals surface area (Å²) >= 11 is 0. The molecule has 1 aliphatic carbocycles. The molecule has 3 atom stereocenters. The lowest BCUT2D eigenvalue weighted by Crippen LogP contribution is -2.67. The second kappa shape index (κ2) is 7.88. The highest BCUT2D eigenvalue weighted by molar-refractivity contribution is 5.80. The van der Waals surface area contributed by atoms with Crippen LogP contribution in [0.25, 0.3) is 0 Å². The fraction of sp³-hybridized carbons (Fsp3) is 0.632. The van der Waals surface area contributed by atoms with Crippen molar-refractivity contribution in [1.29, 1.82) is 0 Å². The van der Waals surface area contributed by atoms with Crippen LogP contribution in [0.4, 0.5) is 8.78 Å². The monoisotopic (exact) mass is 383 g/mol. The Balaban J connectivity index is 1.65. The van der Waals surface area contributed by atoms with E-state index in [1.807, 2.05) is 0 Å². The Morgan fingerprint density at radius 2 is 2.19 bits per heavy atom. The van der Waals surface area contributed by atoms with E-state index in [-0.39, 0.29) is 23.3 Å². The maximum atomic E-state index is 12.7. The highest BCUT2D eigenvalue weighted by Gasteiger charge is 2.59. The molecule has 27 heavy (non-hydrogen) atoms. The Labute approximate surface area is 158 Å². The maximum Gasteiger partial charge on any atom is 0.387 e. The molecule has 3 unspecified atom stereocenters. The third-order valence-corrected chi connectivity index (χ3v) is 5.55. The average Bonchev–Trinajstić information content (AvgIpc) is 3.09. The van der Waals surface area contributed by atoms with Crippen LogP contribution in [0.15, 0.2) is 23.2 Å². The van der Waals surface area contributed by atoms with Crippen molar-refractivity contribution in [3.63, 3.8) is 0 Å². The van der Waals surface area contributed by atoms with E-state index >= 15 is 0 Å². The van der Waals surface area contributed by atoms with Crippen LogP contribution in [0.3, 0.4) is 0 Å². The van der Waals surface area contributed by atoms with E-state index in [1.54, 1.807) is 19.2 Å². The van der Waals surface area contributed by atoms with Gasteiger partial charge in [-0.05, 0) is 18.6 Å². The molecular formula is C19H27F2N3O3. The van der Waals surface area contributed by atoms with Gasteiger partial charge in [0.2, 0.25) is 0 Å². The topological polar surface area (TPSA) is 64.1 Å². The molecule has 150 valence electrons. The molecule has 0 amide bonds. The van der Waals surface area contributed by atoms with Crippen LogP contribution < -0.4 is 20.1 Å². The molecule has 1 aromatic rings. The van der Waals surface area contributed by atoms with E-state index < -0.39 is 6.61 Å². The summed E-state index contributed by atoms with van der Waals surface area (Å²) in [6.45, 7) is 2.56. The van der Waals surface area contributed by atoms with Crippen molar-refractivity contribution in [2.24, 2.45) is 16.3 Å². The van der Waals surface area contributed by atoms with Gasteiger partial charge in [-0.25, -0.2) is 0 Å². The predicted octanol–water partition coefficient (Wildman–Crippen LogP) is 2.78. The lowest BCUT2D eigenvalue weighted by atomic mass is 9.57. The maximum absolute atomic E-state index is 12.7. The van der Waals surface area contributed by atoms with E-state index in [9.17, 15) is 8.78 Å². The number of halogens is 2. The van der Waals surface area contributed by atoms with Gasteiger partial charge in [-0.1, -0.05) is 13.8 Å². The predicted molar refractivity (Wildman–Crippen MR) is 98.4 cm³/mol. The number of rotatable bonds is 6. The zero-order chi connectivity index (χ0) is 19.6. The van der Waals surface area contributed by atoms with Crippen LogP contribution in [-0.4, -0.2) is 45.5 Å². The number of nitrogens with one attached hydrogen (secondary N) is 2. The highest BCUT2D eigenvalue weighted by atomic mass is 19.3. The molecule has 1 heterocycles. The van der Waals surface area contributed by atoms with E-state index in [0.29, 0.717) is 29.7 Å². The summed E-state index contributed by atoms with van der Waals surface area (Å²) in [6.07, 6.45) is 1.31. The molecule has 2 aliphatic rings. The molecular weight excluding hydrogens is 356 g/mol. The van der Waals surface area contributed by atoms with Crippen LogP contribution >= 0.6 is 0 Å². The van der Waals surface area contributed by atoms with Crippen LogP contribution in [0.5, 0.6) is 11.5 Å². The Kier molecular flexibility index (Phi) is 5.74.